The minimum Gasteiger partial charge on any atom is -0.489 e. The molecule has 0 aliphatic carbocycles. The van der Waals surface area contributed by atoms with E-state index in [1.807, 2.05) is 0 Å². The highest BCUT2D eigenvalue weighted by atomic mass is 79.9. The predicted molar refractivity (Wildman–Crippen MR) is 195 cm³/mol. The largest absolute Gasteiger partial charge is 0.489 e. The molecule has 0 aromatic heterocycles. The molecular formula is C35H52Br4O4. The van der Waals surface area contributed by atoms with Crippen LogP contribution >= 0.6 is 63.7 Å². The van der Waals surface area contributed by atoms with Gasteiger partial charge < -0.3 is 18.9 Å². The van der Waals surface area contributed by atoms with Crippen molar-refractivity contribution in [1.29, 1.82) is 0 Å². The van der Waals surface area contributed by atoms with Crippen LogP contribution in [0.3, 0.4) is 0 Å². The maximum Gasteiger partial charge on any atom is 0.147 e. The Bertz CT molecular complexity index is 933. The van der Waals surface area contributed by atoms with E-state index in [0.29, 0.717) is 26.4 Å². The lowest BCUT2D eigenvalue weighted by Crippen LogP contribution is -2.20. The van der Waals surface area contributed by atoms with Crippen molar-refractivity contribution in [3.63, 3.8) is 0 Å². The zero-order valence-electron chi connectivity index (χ0n) is 26.7. The molecule has 0 radical (unpaired) electrons. The number of unbranched alkanes of at least 4 members (excludes halogenated alkanes) is 10. The van der Waals surface area contributed by atoms with Crippen LogP contribution in [0.25, 0.3) is 0 Å². The molecule has 0 unspecified atom stereocenters. The second kappa shape index (κ2) is 22.4. The normalized spacial score (nSPS) is 11.7. The quantitative estimate of drug-likeness (QED) is 0.0986. The van der Waals surface area contributed by atoms with E-state index < -0.39 is 0 Å². The molecule has 0 saturated carbocycles. The molecule has 0 atom stereocenters. The molecule has 0 amide bonds. The number of halogens is 4. The van der Waals surface area contributed by atoms with Crippen LogP contribution in [0.15, 0.2) is 42.2 Å². The summed E-state index contributed by atoms with van der Waals surface area (Å²) in [6.45, 7) is 12.7. The smallest absolute Gasteiger partial charge is 0.147 e. The first-order valence-electron chi connectivity index (χ1n) is 16.1. The highest BCUT2D eigenvalue weighted by Gasteiger charge is 2.27. The van der Waals surface area contributed by atoms with Crippen LogP contribution in [0, 0.1) is 0 Å². The van der Waals surface area contributed by atoms with Crippen LogP contribution in [0.4, 0.5) is 0 Å². The van der Waals surface area contributed by atoms with Crippen molar-refractivity contribution in [3.05, 3.63) is 53.3 Å². The maximum absolute atomic E-state index is 6.08. The average molecular weight is 856 g/mol. The molecule has 43 heavy (non-hydrogen) atoms. The summed E-state index contributed by atoms with van der Waals surface area (Å²) < 4.78 is 27.4. The second-order valence-corrected chi connectivity index (χ2v) is 15.0. The van der Waals surface area contributed by atoms with Gasteiger partial charge in [-0.15, -0.1) is 0 Å². The van der Waals surface area contributed by atoms with Gasteiger partial charge in [0.1, 0.15) is 24.7 Å². The van der Waals surface area contributed by atoms with Crippen LogP contribution in [0.5, 0.6) is 11.5 Å². The van der Waals surface area contributed by atoms with E-state index >= 15 is 0 Å². The summed E-state index contributed by atoms with van der Waals surface area (Å²) in [6, 6.07) is 8.57. The molecule has 2 rings (SSSR count). The summed E-state index contributed by atoms with van der Waals surface area (Å²) in [5.74, 6) is 1.60. The van der Waals surface area contributed by atoms with Crippen molar-refractivity contribution in [2.24, 2.45) is 0 Å². The van der Waals surface area contributed by atoms with Crippen LogP contribution in [0.1, 0.15) is 116 Å². The van der Waals surface area contributed by atoms with Gasteiger partial charge in [-0.25, -0.2) is 0 Å². The third-order valence-electron chi connectivity index (χ3n) is 7.67. The SMILES string of the molecule is CCCCCCCCOCCOc1c(Br)cc(C(C)(C)c2cc(Br)c(OCCOCCCCCCCC)c(Br)c2)cc1Br. The van der Waals surface area contributed by atoms with E-state index in [1.165, 1.54) is 64.2 Å². The molecule has 2 aromatic rings. The molecule has 0 spiro atoms. The molecule has 0 N–H and O–H groups in total. The Kier molecular flexibility index (Phi) is 20.4. The number of hydrogen-bond acceptors (Lipinski definition) is 4. The molecule has 4 nitrogen and oxygen atoms in total. The lowest BCUT2D eigenvalue weighted by atomic mass is 9.78. The zero-order valence-corrected chi connectivity index (χ0v) is 33.0. The average Bonchev–Trinajstić information content (AvgIpc) is 2.97. The molecule has 0 saturated heterocycles. The first kappa shape index (κ1) is 39.1. The van der Waals surface area contributed by atoms with Crippen molar-refractivity contribution >= 4 is 63.7 Å². The third kappa shape index (κ3) is 14.5. The van der Waals surface area contributed by atoms with Gasteiger partial charge in [-0.1, -0.05) is 91.9 Å². The molecule has 2 aromatic carbocycles. The van der Waals surface area contributed by atoms with E-state index in [4.69, 9.17) is 18.9 Å². The van der Waals surface area contributed by atoms with Crippen molar-refractivity contribution in [3.8, 4) is 11.5 Å². The van der Waals surface area contributed by atoms with Gasteiger partial charge in [0.25, 0.3) is 0 Å². The first-order chi connectivity index (χ1) is 20.7. The summed E-state index contributed by atoms with van der Waals surface area (Å²) in [7, 11) is 0. The Morgan fingerprint density at radius 1 is 0.465 bits per heavy atom. The summed E-state index contributed by atoms with van der Waals surface area (Å²) in [5, 5.41) is 0. The molecule has 0 heterocycles. The van der Waals surface area contributed by atoms with E-state index in [9.17, 15) is 0 Å². The fourth-order valence-corrected chi connectivity index (χ4v) is 7.69. The van der Waals surface area contributed by atoms with Gasteiger partial charge in [-0.05, 0) is 112 Å². The number of rotatable bonds is 24. The van der Waals surface area contributed by atoms with Crippen molar-refractivity contribution in [1.82, 2.24) is 0 Å². The van der Waals surface area contributed by atoms with Gasteiger partial charge in [0.15, 0.2) is 0 Å². The maximum atomic E-state index is 6.08. The van der Waals surface area contributed by atoms with Gasteiger partial charge in [0.05, 0.1) is 31.1 Å². The van der Waals surface area contributed by atoms with E-state index in [-0.39, 0.29) is 5.41 Å². The van der Waals surface area contributed by atoms with Crippen LogP contribution in [-0.4, -0.2) is 39.6 Å². The second-order valence-electron chi connectivity index (χ2n) is 11.6. The van der Waals surface area contributed by atoms with Crippen LogP contribution in [0.2, 0.25) is 0 Å². The first-order valence-corrected chi connectivity index (χ1v) is 19.3. The summed E-state index contributed by atoms with van der Waals surface area (Å²) in [5.41, 5.74) is 2.05. The minimum absolute atomic E-state index is 0.270. The fourth-order valence-electron chi connectivity index (χ4n) is 4.86. The monoisotopic (exact) mass is 852 g/mol. The van der Waals surface area contributed by atoms with E-state index in [1.54, 1.807) is 0 Å². The number of benzene rings is 2. The molecular weight excluding hydrogens is 804 g/mol. The predicted octanol–water partition coefficient (Wildman–Crippen LogP) is 12.6. The van der Waals surface area contributed by atoms with Gasteiger partial charge in [-0.2, -0.15) is 0 Å². The Morgan fingerprint density at radius 2 is 0.791 bits per heavy atom. The molecule has 0 bridgehead atoms. The lowest BCUT2D eigenvalue weighted by molar-refractivity contribution is 0.0965. The Balaban J connectivity index is 1.86. The summed E-state index contributed by atoms with van der Waals surface area (Å²) in [4.78, 5) is 0. The van der Waals surface area contributed by atoms with Gasteiger partial charge >= 0.3 is 0 Å². The van der Waals surface area contributed by atoms with Gasteiger partial charge in [0, 0.05) is 18.6 Å². The molecule has 8 heteroatoms. The van der Waals surface area contributed by atoms with Crippen molar-refractivity contribution in [2.45, 2.75) is 110 Å². The molecule has 244 valence electrons. The third-order valence-corrected chi connectivity index (χ3v) is 10.0. The summed E-state index contributed by atoms with van der Waals surface area (Å²) in [6.07, 6.45) is 15.2. The Morgan fingerprint density at radius 3 is 1.14 bits per heavy atom. The Hall–Kier alpha value is -0.120. The molecule has 0 aliphatic rings. The summed E-state index contributed by atoms with van der Waals surface area (Å²) >= 11 is 15.0. The topological polar surface area (TPSA) is 36.9 Å². The minimum atomic E-state index is -0.270. The van der Waals surface area contributed by atoms with Crippen molar-refractivity contribution < 1.29 is 18.9 Å². The van der Waals surface area contributed by atoms with E-state index in [2.05, 4.69) is 116 Å². The highest BCUT2D eigenvalue weighted by Crippen LogP contribution is 2.44. The van der Waals surface area contributed by atoms with E-state index in [0.717, 1.165) is 66.6 Å². The molecule has 0 aliphatic heterocycles. The fraction of sp³-hybridized carbons (Fsp3) is 0.657. The number of hydrogen-bond donors (Lipinski definition) is 0. The van der Waals surface area contributed by atoms with Gasteiger partial charge in [0.2, 0.25) is 0 Å². The standard InChI is InChI=1S/C35H52Br4O4/c1-5-7-9-11-13-15-17-40-19-21-42-33-29(36)23-27(24-30(33)37)35(3,4)28-25-31(38)34(32(39)26-28)43-22-20-41-18-16-14-12-10-8-6-2/h23-26H,5-22H2,1-4H3. The number of ether oxygens (including phenoxy) is 4. The zero-order chi connectivity index (χ0) is 31.5. The highest BCUT2D eigenvalue weighted by molar-refractivity contribution is 9.11. The van der Waals surface area contributed by atoms with Crippen LogP contribution in [-0.2, 0) is 14.9 Å². The molecule has 0 fully saturated rings. The van der Waals surface area contributed by atoms with Crippen LogP contribution < -0.4 is 9.47 Å². The lowest BCUT2D eigenvalue weighted by Gasteiger charge is -2.28. The van der Waals surface area contributed by atoms with Gasteiger partial charge in [-0.3, -0.25) is 0 Å². The van der Waals surface area contributed by atoms with Crippen molar-refractivity contribution in [2.75, 3.05) is 39.6 Å². The Labute approximate surface area is 295 Å².